The highest BCUT2D eigenvalue weighted by atomic mass is 32.2. The predicted molar refractivity (Wildman–Crippen MR) is 112 cm³/mol. The van der Waals surface area contributed by atoms with Crippen molar-refractivity contribution < 1.29 is 17.6 Å². The number of carbonyl (C=O) groups excluding carboxylic acids is 1. The standard InChI is InChI=1S/C22H24N2O4S/c1-15-9-11-19(12-10-15)22-24-20(17(3)28-22)13-29(26,27)14-21(25)23-16(2)18-7-5-4-6-8-18/h4-12,16H,13-14H2,1-3H3,(H,23,25)/t16-/m0/s1. The fraction of sp³-hybridized carbons (Fsp3) is 0.273. The minimum Gasteiger partial charge on any atom is -0.441 e. The maximum atomic E-state index is 12.5. The van der Waals surface area contributed by atoms with Crippen molar-refractivity contribution in [3.05, 3.63) is 77.2 Å². The summed E-state index contributed by atoms with van der Waals surface area (Å²) in [5.74, 6) is -0.684. The number of oxazole rings is 1. The van der Waals surface area contributed by atoms with Crippen LogP contribution in [0.3, 0.4) is 0 Å². The Kier molecular flexibility index (Phi) is 6.17. The molecule has 0 bridgehead atoms. The third-order valence-electron chi connectivity index (χ3n) is 4.58. The van der Waals surface area contributed by atoms with E-state index in [-0.39, 0.29) is 11.8 Å². The Bertz CT molecular complexity index is 1090. The van der Waals surface area contributed by atoms with Gasteiger partial charge in [0.05, 0.1) is 17.5 Å². The predicted octanol–water partition coefficient (Wildman–Crippen LogP) is 3.75. The fourth-order valence-corrected chi connectivity index (χ4v) is 4.22. The van der Waals surface area contributed by atoms with Crippen LogP contribution in [0, 0.1) is 13.8 Å². The number of aromatic nitrogens is 1. The second kappa shape index (κ2) is 8.61. The van der Waals surface area contributed by atoms with Crippen molar-refractivity contribution in [1.82, 2.24) is 10.3 Å². The molecule has 3 rings (SSSR count). The van der Waals surface area contributed by atoms with Crippen molar-refractivity contribution in [2.24, 2.45) is 0 Å². The Labute approximate surface area is 170 Å². The monoisotopic (exact) mass is 412 g/mol. The van der Waals surface area contributed by atoms with Crippen LogP contribution in [0.2, 0.25) is 0 Å². The van der Waals surface area contributed by atoms with E-state index in [2.05, 4.69) is 10.3 Å². The van der Waals surface area contributed by atoms with E-state index < -0.39 is 21.5 Å². The van der Waals surface area contributed by atoms with Gasteiger partial charge < -0.3 is 9.73 Å². The summed E-state index contributed by atoms with van der Waals surface area (Å²) >= 11 is 0. The summed E-state index contributed by atoms with van der Waals surface area (Å²) in [6.45, 7) is 5.47. The highest BCUT2D eigenvalue weighted by molar-refractivity contribution is 7.91. The Morgan fingerprint density at radius 1 is 1.07 bits per heavy atom. The van der Waals surface area contributed by atoms with Gasteiger partial charge in [-0.05, 0) is 38.5 Å². The van der Waals surface area contributed by atoms with Crippen LogP contribution in [-0.2, 0) is 20.4 Å². The van der Waals surface area contributed by atoms with Gasteiger partial charge in [0.15, 0.2) is 9.84 Å². The van der Waals surface area contributed by atoms with Gasteiger partial charge in [0.2, 0.25) is 11.8 Å². The first-order chi connectivity index (χ1) is 13.7. The number of hydrogen-bond donors (Lipinski definition) is 1. The van der Waals surface area contributed by atoms with Crippen LogP contribution in [-0.4, -0.2) is 25.1 Å². The quantitative estimate of drug-likeness (QED) is 0.638. The third-order valence-corrected chi connectivity index (χ3v) is 5.99. The van der Waals surface area contributed by atoms with Crippen LogP contribution in [0.15, 0.2) is 59.0 Å². The Morgan fingerprint density at radius 3 is 2.38 bits per heavy atom. The molecule has 0 saturated heterocycles. The maximum absolute atomic E-state index is 12.5. The van der Waals surface area contributed by atoms with Gasteiger partial charge in [-0.25, -0.2) is 13.4 Å². The van der Waals surface area contributed by atoms with E-state index in [4.69, 9.17) is 4.42 Å². The number of nitrogens with zero attached hydrogens (tertiary/aromatic N) is 1. The number of carbonyl (C=O) groups is 1. The number of amides is 1. The topological polar surface area (TPSA) is 89.3 Å². The largest absolute Gasteiger partial charge is 0.441 e. The number of aryl methyl sites for hydroxylation is 2. The minimum absolute atomic E-state index is 0.277. The van der Waals surface area contributed by atoms with E-state index in [1.165, 1.54) is 0 Å². The molecule has 1 heterocycles. The highest BCUT2D eigenvalue weighted by Crippen LogP contribution is 2.23. The first-order valence-electron chi connectivity index (χ1n) is 9.31. The molecule has 6 nitrogen and oxygen atoms in total. The van der Waals surface area contributed by atoms with Gasteiger partial charge in [0.1, 0.15) is 11.5 Å². The van der Waals surface area contributed by atoms with Crippen molar-refractivity contribution in [1.29, 1.82) is 0 Å². The van der Waals surface area contributed by atoms with E-state index in [0.29, 0.717) is 17.3 Å². The SMILES string of the molecule is Cc1ccc(-c2nc(CS(=O)(=O)CC(=O)N[C@@H](C)c3ccccc3)c(C)o2)cc1. The van der Waals surface area contributed by atoms with Crippen LogP contribution in [0.4, 0.5) is 0 Å². The normalized spacial score (nSPS) is 12.5. The summed E-state index contributed by atoms with van der Waals surface area (Å²) in [6, 6.07) is 16.7. The van der Waals surface area contributed by atoms with Gasteiger partial charge in [-0.3, -0.25) is 4.79 Å². The summed E-state index contributed by atoms with van der Waals surface area (Å²) < 4.78 is 30.7. The average Bonchev–Trinajstić information content (AvgIpc) is 3.02. The summed E-state index contributed by atoms with van der Waals surface area (Å²) in [5, 5.41) is 2.73. The molecule has 29 heavy (non-hydrogen) atoms. The molecule has 0 unspecified atom stereocenters. The lowest BCUT2D eigenvalue weighted by molar-refractivity contribution is -0.119. The third kappa shape index (κ3) is 5.54. The lowest BCUT2D eigenvalue weighted by Crippen LogP contribution is -2.32. The Morgan fingerprint density at radius 2 is 1.72 bits per heavy atom. The Hall–Kier alpha value is -2.93. The molecule has 7 heteroatoms. The summed E-state index contributed by atoms with van der Waals surface area (Å²) in [5.41, 5.74) is 3.12. The number of hydrogen-bond acceptors (Lipinski definition) is 5. The van der Waals surface area contributed by atoms with Crippen LogP contribution < -0.4 is 5.32 Å². The first kappa shape index (κ1) is 20.8. The number of rotatable bonds is 7. The van der Waals surface area contributed by atoms with Gasteiger partial charge >= 0.3 is 0 Å². The highest BCUT2D eigenvalue weighted by Gasteiger charge is 2.23. The van der Waals surface area contributed by atoms with Gasteiger partial charge in [-0.1, -0.05) is 48.0 Å². The molecular weight excluding hydrogens is 388 g/mol. The van der Waals surface area contributed by atoms with Crippen molar-refractivity contribution in [3.63, 3.8) is 0 Å². The fourth-order valence-electron chi connectivity index (χ4n) is 2.95. The lowest BCUT2D eigenvalue weighted by atomic mass is 10.1. The van der Waals surface area contributed by atoms with E-state index in [1.807, 2.05) is 68.4 Å². The molecule has 1 N–H and O–H groups in total. The molecule has 0 aliphatic carbocycles. The lowest BCUT2D eigenvalue weighted by Gasteiger charge is -2.14. The van der Waals surface area contributed by atoms with Crippen molar-refractivity contribution in [3.8, 4) is 11.5 Å². The van der Waals surface area contributed by atoms with Crippen LogP contribution in [0.25, 0.3) is 11.5 Å². The van der Waals surface area contributed by atoms with E-state index in [9.17, 15) is 13.2 Å². The van der Waals surface area contributed by atoms with Crippen LogP contribution in [0.5, 0.6) is 0 Å². The zero-order valence-electron chi connectivity index (χ0n) is 16.7. The molecule has 0 fully saturated rings. The molecule has 0 radical (unpaired) electrons. The second-order valence-electron chi connectivity index (χ2n) is 7.12. The van der Waals surface area contributed by atoms with Crippen LogP contribution in [0.1, 0.15) is 35.5 Å². The molecule has 0 aliphatic heterocycles. The summed E-state index contributed by atoms with van der Waals surface area (Å²) in [7, 11) is -3.69. The van der Waals surface area contributed by atoms with E-state index in [0.717, 1.165) is 16.7 Å². The van der Waals surface area contributed by atoms with Gasteiger partial charge in [0.25, 0.3) is 0 Å². The zero-order chi connectivity index (χ0) is 21.0. The van der Waals surface area contributed by atoms with E-state index in [1.54, 1.807) is 6.92 Å². The molecular formula is C22H24N2O4S. The zero-order valence-corrected chi connectivity index (χ0v) is 17.5. The molecule has 152 valence electrons. The molecule has 1 amide bonds. The average molecular weight is 413 g/mol. The Balaban J connectivity index is 1.66. The van der Waals surface area contributed by atoms with Gasteiger partial charge in [-0.15, -0.1) is 0 Å². The smallest absolute Gasteiger partial charge is 0.235 e. The second-order valence-corrected chi connectivity index (χ2v) is 9.18. The van der Waals surface area contributed by atoms with Crippen LogP contribution >= 0.6 is 0 Å². The van der Waals surface area contributed by atoms with Gasteiger partial charge in [-0.2, -0.15) is 0 Å². The van der Waals surface area contributed by atoms with E-state index >= 15 is 0 Å². The van der Waals surface area contributed by atoms with Crippen molar-refractivity contribution in [2.75, 3.05) is 5.75 Å². The summed E-state index contributed by atoms with van der Waals surface area (Å²) in [6.07, 6.45) is 0. The number of sulfone groups is 1. The molecule has 0 spiro atoms. The molecule has 0 aliphatic rings. The number of nitrogens with one attached hydrogen (secondary N) is 1. The van der Waals surface area contributed by atoms with Gasteiger partial charge in [0, 0.05) is 5.56 Å². The minimum atomic E-state index is -3.69. The first-order valence-corrected chi connectivity index (χ1v) is 11.1. The van der Waals surface area contributed by atoms with Crippen molar-refractivity contribution >= 4 is 15.7 Å². The molecule has 3 aromatic rings. The molecule has 0 saturated carbocycles. The number of benzene rings is 2. The molecule has 1 aromatic heterocycles. The summed E-state index contributed by atoms with van der Waals surface area (Å²) in [4.78, 5) is 16.6. The molecule has 1 atom stereocenters. The maximum Gasteiger partial charge on any atom is 0.235 e. The van der Waals surface area contributed by atoms with Crippen molar-refractivity contribution in [2.45, 2.75) is 32.6 Å². The molecule has 2 aromatic carbocycles.